The third kappa shape index (κ3) is 5.86. The van der Waals surface area contributed by atoms with Gasteiger partial charge >= 0.3 is 0 Å². The quantitative estimate of drug-likeness (QED) is 0.294. The number of benzene rings is 2. The summed E-state index contributed by atoms with van der Waals surface area (Å²) in [4.78, 5) is 0. The molecule has 0 amide bonds. The second-order valence-corrected chi connectivity index (χ2v) is 8.83. The van der Waals surface area contributed by atoms with Crippen LogP contribution in [0.1, 0.15) is 11.1 Å². The van der Waals surface area contributed by atoms with Crippen LogP contribution in [0.4, 0.5) is 11.6 Å². The van der Waals surface area contributed by atoms with E-state index in [1.807, 2.05) is 71.7 Å². The summed E-state index contributed by atoms with van der Waals surface area (Å²) in [6.07, 6.45) is 3.75. The summed E-state index contributed by atoms with van der Waals surface area (Å²) >= 11 is 21.1. The van der Waals surface area contributed by atoms with Crippen molar-refractivity contribution < 1.29 is 0 Å². The number of aromatic nitrogens is 4. The molecular formula is C21H17BrCl2N6S. The van der Waals surface area contributed by atoms with Crippen molar-refractivity contribution in [1.29, 1.82) is 0 Å². The van der Waals surface area contributed by atoms with Crippen LogP contribution in [0.2, 0.25) is 10.0 Å². The molecule has 10 heteroatoms. The predicted octanol–water partition coefficient (Wildman–Crippen LogP) is 6.05. The van der Waals surface area contributed by atoms with E-state index < -0.39 is 0 Å². The third-order valence-corrected chi connectivity index (χ3v) is 5.78. The maximum Gasteiger partial charge on any atom is 0.177 e. The predicted molar refractivity (Wildman–Crippen MR) is 133 cm³/mol. The molecule has 2 aromatic heterocycles. The molecule has 0 atom stereocenters. The summed E-state index contributed by atoms with van der Waals surface area (Å²) in [5, 5.41) is 17.0. The maximum absolute atomic E-state index is 6.24. The van der Waals surface area contributed by atoms with Crippen LogP contribution in [-0.2, 0) is 13.1 Å². The molecule has 158 valence electrons. The lowest BCUT2D eigenvalue weighted by Gasteiger charge is -2.07. The number of nitrogens with one attached hydrogen (secondary N) is 2. The van der Waals surface area contributed by atoms with Gasteiger partial charge < -0.3 is 10.6 Å². The van der Waals surface area contributed by atoms with E-state index in [1.165, 1.54) is 0 Å². The topological polar surface area (TPSA) is 59.7 Å². The molecule has 2 N–H and O–H groups in total. The zero-order valence-electron chi connectivity index (χ0n) is 16.1. The minimum atomic E-state index is 0.389. The zero-order valence-corrected chi connectivity index (χ0v) is 20.0. The molecule has 0 bridgehead atoms. The second kappa shape index (κ2) is 9.82. The van der Waals surface area contributed by atoms with Gasteiger partial charge in [-0.3, -0.25) is 9.36 Å². The first-order chi connectivity index (χ1) is 15.0. The molecule has 2 aromatic carbocycles. The molecule has 31 heavy (non-hydrogen) atoms. The molecule has 0 aliphatic carbocycles. The second-order valence-electron chi connectivity index (χ2n) is 6.72. The van der Waals surface area contributed by atoms with Crippen molar-refractivity contribution in [2.24, 2.45) is 0 Å². The average molecular weight is 536 g/mol. The Balaban J connectivity index is 1.36. The molecule has 0 aliphatic heterocycles. The summed E-state index contributed by atoms with van der Waals surface area (Å²) < 4.78 is 4.40. The van der Waals surface area contributed by atoms with Crippen molar-refractivity contribution in [3.8, 4) is 0 Å². The van der Waals surface area contributed by atoms with Gasteiger partial charge in [0.15, 0.2) is 16.7 Å². The lowest BCUT2D eigenvalue weighted by molar-refractivity contribution is 0.689. The molecule has 6 nitrogen and oxygen atoms in total. The van der Waals surface area contributed by atoms with Crippen LogP contribution in [0.3, 0.4) is 0 Å². The van der Waals surface area contributed by atoms with Gasteiger partial charge in [0.05, 0.1) is 17.6 Å². The average Bonchev–Trinajstić information content (AvgIpc) is 3.31. The molecule has 4 rings (SSSR count). The minimum absolute atomic E-state index is 0.389. The standard InChI is InChI=1S/C21H17BrCl2N6S/c22-17-13-30(12-15-3-1-2-4-18(15)24)28-20(17)26-21(31)25-19-9-10-29(27-19)11-14-5-7-16(23)8-6-14/h1-10,13H,11-12H2,(H2,25,26,27,28,31). The molecule has 0 saturated heterocycles. The number of hydrogen-bond acceptors (Lipinski definition) is 3. The Bertz CT molecular complexity index is 1200. The van der Waals surface area contributed by atoms with Crippen molar-refractivity contribution in [3.63, 3.8) is 0 Å². The first kappa shape index (κ1) is 21.8. The van der Waals surface area contributed by atoms with Crippen LogP contribution in [0.5, 0.6) is 0 Å². The lowest BCUT2D eigenvalue weighted by Crippen LogP contribution is -2.20. The van der Waals surface area contributed by atoms with Gasteiger partial charge in [0.2, 0.25) is 0 Å². The van der Waals surface area contributed by atoms with Gasteiger partial charge in [0.1, 0.15) is 0 Å². The summed E-state index contributed by atoms with van der Waals surface area (Å²) in [5.41, 5.74) is 2.09. The van der Waals surface area contributed by atoms with E-state index >= 15 is 0 Å². The molecule has 0 spiro atoms. The molecule has 0 unspecified atom stereocenters. The monoisotopic (exact) mass is 534 g/mol. The van der Waals surface area contributed by atoms with Crippen LogP contribution in [0.25, 0.3) is 0 Å². The van der Waals surface area contributed by atoms with E-state index in [2.05, 4.69) is 36.8 Å². The Kier molecular flexibility index (Phi) is 6.92. The Morgan fingerprint density at radius 3 is 2.48 bits per heavy atom. The summed E-state index contributed by atoms with van der Waals surface area (Å²) in [6.45, 7) is 1.19. The van der Waals surface area contributed by atoms with Gasteiger partial charge in [-0.1, -0.05) is 53.5 Å². The number of thiocarbonyl (C=S) groups is 1. The highest BCUT2D eigenvalue weighted by Crippen LogP contribution is 2.23. The van der Waals surface area contributed by atoms with E-state index in [1.54, 1.807) is 4.68 Å². The summed E-state index contributed by atoms with van der Waals surface area (Å²) in [5.74, 6) is 1.24. The van der Waals surface area contributed by atoms with Crippen LogP contribution < -0.4 is 10.6 Å². The van der Waals surface area contributed by atoms with Gasteiger partial charge in [0, 0.05) is 28.5 Å². The largest absolute Gasteiger partial charge is 0.316 e. The van der Waals surface area contributed by atoms with E-state index in [4.69, 9.17) is 35.4 Å². The minimum Gasteiger partial charge on any atom is -0.316 e. The van der Waals surface area contributed by atoms with E-state index in [0.29, 0.717) is 39.9 Å². The zero-order chi connectivity index (χ0) is 21.8. The maximum atomic E-state index is 6.24. The molecular weight excluding hydrogens is 519 g/mol. The van der Waals surface area contributed by atoms with Crippen LogP contribution >= 0.6 is 51.3 Å². The summed E-state index contributed by atoms with van der Waals surface area (Å²) in [6, 6.07) is 17.2. The number of nitrogens with zero attached hydrogens (tertiary/aromatic N) is 4. The van der Waals surface area contributed by atoms with Gasteiger partial charge in [-0.25, -0.2) is 0 Å². The highest BCUT2D eigenvalue weighted by Gasteiger charge is 2.11. The van der Waals surface area contributed by atoms with Crippen LogP contribution in [0, 0.1) is 0 Å². The number of halogens is 3. The molecule has 4 aromatic rings. The highest BCUT2D eigenvalue weighted by atomic mass is 79.9. The summed E-state index contributed by atoms with van der Waals surface area (Å²) in [7, 11) is 0. The van der Waals surface area contributed by atoms with Gasteiger partial charge in [0.25, 0.3) is 0 Å². The molecule has 0 fully saturated rings. The smallest absolute Gasteiger partial charge is 0.177 e. The molecule has 0 radical (unpaired) electrons. The van der Waals surface area contributed by atoms with E-state index in [9.17, 15) is 0 Å². The van der Waals surface area contributed by atoms with Gasteiger partial charge in [-0.05, 0) is 57.5 Å². The Hall–Kier alpha value is -2.39. The van der Waals surface area contributed by atoms with Crippen molar-refractivity contribution >= 4 is 68.1 Å². The normalized spacial score (nSPS) is 10.8. The first-order valence-corrected chi connectivity index (χ1v) is 11.2. The van der Waals surface area contributed by atoms with Crippen molar-refractivity contribution in [2.45, 2.75) is 13.1 Å². The fourth-order valence-corrected chi connectivity index (χ4v) is 3.85. The SMILES string of the molecule is S=C(Nc1ccn(Cc2ccc(Cl)cc2)n1)Nc1nn(Cc2ccccc2Cl)cc1Br. The molecule has 2 heterocycles. The van der Waals surface area contributed by atoms with Crippen LogP contribution in [-0.4, -0.2) is 24.7 Å². The van der Waals surface area contributed by atoms with E-state index in [-0.39, 0.29) is 0 Å². The third-order valence-electron chi connectivity index (χ3n) is 4.38. The fourth-order valence-electron chi connectivity index (χ4n) is 2.91. The highest BCUT2D eigenvalue weighted by molar-refractivity contribution is 9.10. The van der Waals surface area contributed by atoms with Crippen LogP contribution in [0.15, 0.2) is 71.5 Å². The number of hydrogen-bond donors (Lipinski definition) is 2. The van der Waals surface area contributed by atoms with Crippen molar-refractivity contribution in [1.82, 2.24) is 19.6 Å². The Labute approximate surface area is 203 Å². The Morgan fingerprint density at radius 1 is 0.935 bits per heavy atom. The number of rotatable bonds is 6. The van der Waals surface area contributed by atoms with Gasteiger partial charge in [-0.2, -0.15) is 10.2 Å². The van der Waals surface area contributed by atoms with Crippen molar-refractivity contribution in [3.05, 3.63) is 92.6 Å². The number of anilines is 2. The van der Waals surface area contributed by atoms with E-state index in [0.717, 1.165) is 15.6 Å². The fraction of sp³-hybridized carbons (Fsp3) is 0.0952. The first-order valence-electron chi connectivity index (χ1n) is 9.28. The Morgan fingerprint density at radius 2 is 1.71 bits per heavy atom. The lowest BCUT2D eigenvalue weighted by atomic mass is 10.2. The van der Waals surface area contributed by atoms with Crippen molar-refractivity contribution in [2.75, 3.05) is 10.6 Å². The molecule has 0 saturated carbocycles. The molecule has 0 aliphatic rings. The van der Waals surface area contributed by atoms with Gasteiger partial charge in [-0.15, -0.1) is 0 Å².